The third-order valence-electron chi connectivity index (χ3n) is 2.90. The zero-order valence-corrected chi connectivity index (χ0v) is 13.7. The van der Waals surface area contributed by atoms with Crippen molar-refractivity contribution in [3.05, 3.63) is 22.7 Å². The lowest BCUT2D eigenvalue weighted by molar-refractivity contribution is 0.0915. The number of hydrogen-bond donors (Lipinski definition) is 2. The minimum Gasteiger partial charge on any atom is -0.493 e. The number of halogens is 1. The predicted octanol–water partition coefficient (Wildman–Crippen LogP) is 2.60. The minimum absolute atomic E-state index is 0.257. The molecular weight excluding hydrogens is 292 g/mol. The van der Waals surface area contributed by atoms with Crippen LogP contribution in [0.15, 0.2) is 12.1 Å². The van der Waals surface area contributed by atoms with Crippen molar-refractivity contribution >= 4 is 17.5 Å². The summed E-state index contributed by atoms with van der Waals surface area (Å²) in [6, 6.07) is 3.18. The van der Waals surface area contributed by atoms with Gasteiger partial charge in [-0.25, -0.2) is 0 Å². The highest BCUT2D eigenvalue weighted by Crippen LogP contribution is 2.36. The van der Waals surface area contributed by atoms with Gasteiger partial charge in [-0.15, -0.1) is 0 Å². The molecule has 0 radical (unpaired) electrons. The maximum Gasteiger partial charge on any atom is 0.251 e. The average molecular weight is 315 g/mol. The number of benzene rings is 1. The molecule has 0 fully saturated rings. The van der Waals surface area contributed by atoms with E-state index >= 15 is 0 Å². The van der Waals surface area contributed by atoms with Crippen molar-refractivity contribution in [1.29, 1.82) is 0 Å². The fourth-order valence-corrected chi connectivity index (χ4v) is 1.89. The third-order valence-corrected chi connectivity index (χ3v) is 3.19. The molecule has 0 aliphatic heterocycles. The third kappa shape index (κ3) is 4.79. The minimum atomic E-state index is -0.492. The lowest BCUT2D eigenvalue weighted by Gasteiger charge is -2.24. The Morgan fingerprint density at radius 3 is 2.62 bits per heavy atom. The number of carbonyl (C=O) groups excluding carboxylic acids is 1. The lowest BCUT2D eigenvalue weighted by Crippen LogP contribution is -2.48. The van der Waals surface area contributed by atoms with Crippen LogP contribution in [0.5, 0.6) is 11.5 Å². The molecule has 0 heterocycles. The van der Waals surface area contributed by atoms with Gasteiger partial charge in [-0.05, 0) is 32.4 Å². The second-order valence-electron chi connectivity index (χ2n) is 5.38. The van der Waals surface area contributed by atoms with Crippen molar-refractivity contribution in [3.63, 3.8) is 0 Å². The molecule has 5 nitrogen and oxygen atoms in total. The molecule has 3 N–H and O–H groups in total. The first-order valence-electron chi connectivity index (χ1n) is 6.87. The maximum absolute atomic E-state index is 12.2. The Morgan fingerprint density at radius 2 is 2.10 bits per heavy atom. The fourth-order valence-electron chi connectivity index (χ4n) is 1.63. The maximum atomic E-state index is 12.2. The van der Waals surface area contributed by atoms with Gasteiger partial charge < -0.3 is 20.5 Å². The van der Waals surface area contributed by atoms with Crippen LogP contribution in [0.2, 0.25) is 5.02 Å². The molecule has 0 aromatic heterocycles. The van der Waals surface area contributed by atoms with E-state index in [0.29, 0.717) is 35.2 Å². The van der Waals surface area contributed by atoms with E-state index in [1.807, 2.05) is 20.8 Å². The van der Waals surface area contributed by atoms with Gasteiger partial charge in [0.1, 0.15) is 0 Å². The Labute approximate surface area is 130 Å². The smallest absolute Gasteiger partial charge is 0.251 e. The Kier molecular flexibility index (Phi) is 6.30. The molecule has 1 rings (SSSR count). The lowest BCUT2D eigenvalue weighted by atomic mass is 10.0. The summed E-state index contributed by atoms with van der Waals surface area (Å²) < 4.78 is 10.8. The van der Waals surface area contributed by atoms with Gasteiger partial charge in [-0.1, -0.05) is 18.5 Å². The molecular formula is C15H23ClN2O3. The zero-order valence-electron chi connectivity index (χ0n) is 13.0. The second-order valence-corrected chi connectivity index (χ2v) is 5.79. The normalized spacial score (nSPS) is 11.1. The SMILES string of the molecule is CCCOc1c(Cl)cc(C(=O)NC(C)(C)CN)cc1OC. The summed E-state index contributed by atoms with van der Waals surface area (Å²) in [6.45, 7) is 6.56. The van der Waals surface area contributed by atoms with Crippen LogP contribution in [0.25, 0.3) is 0 Å². The molecule has 0 spiro atoms. The first kappa shape index (κ1) is 17.6. The van der Waals surface area contributed by atoms with E-state index in [-0.39, 0.29) is 5.91 Å². The average Bonchev–Trinajstić information content (AvgIpc) is 2.44. The van der Waals surface area contributed by atoms with Crippen molar-refractivity contribution < 1.29 is 14.3 Å². The van der Waals surface area contributed by atoms with E-state index in [1.165, 1.54) is 7.11 Å². The van der Waals surface area contributed by atoms with Gasteiger partial charge in [0.25, 0.3) is 5.91 Å². The molecule has 0 saturated heterocycles. The molecule has 0 unspecified atom stereocenters. The largest absolute Gasteiger partial charge is 0.493 e. The number of ether oxygens (including phenoxy) is 2. The zero-order chi connectivity index (χ0) is 16.0. The summed E-state index contributed by atoms with van der Waals surface area (Å²) in [5.74, 6) is 0.634. The van der Waals surface area contributed by atoms with Crippen LogP contribution >= 0.6 is 11.6 Å². The van der Waals surface area contributed by atoms with Crippen molar-refractivity contribution in [2.75, 3.05) is 20.3 Å². The van der Waals surface area contributed by atoms with Gasteiger partial charge in [0.05, 0.1) is 18.7 Å². The van der Waals surface area contributed by atoms with Crippen LogP contribution in [0, 0.1) is 0 Å². The fraction of sp³-hybridized carbons (Fsp3) is 0.533. The van der Waals surface area contributed by atoms with Gasteiger partial charge in [-0.2, -0.15) is 0 Å². The molecule has 1 aromatic rings. The molecule has 0 atom stereocenters. The highest BCUT2D eigenvalue weighted by Gasteiger charge is 2.21. The molecule has 6 heteroatoms. The molecule has 118 valence electrons. The summed E-state index contributed by atoms with van der Waals surface area (Å²) in [5, 5.41) is 3.19. The Morgan fingerprint density at radius 1 is 1.43 bits per heavy atom. The van der Waals surface area contributed by atoms with Gasteiger partial charge >= 0.3 is 0 Å². The van der Waals surface area contributed by atoms with Crippen molar-refractivity contribution in [1.82, 2.24) is 5.32 Å². The van der Waals surface area contributed by atoms with Gasteiger partial charge in [0, 0.05) is 17.6 Å². The molecule has 0 aliphatic rings. The summed E-state index contributed by atoms with van der Waals surface area (Å²) >= 11 is 6.19. The highest BCUT2D eigenvalue weighted by molar-refractivity contribution is 6.32. The number of nitrogens with two attached hydrogens (primary N) is 1. The first-order chi connectivity index (χ1) is 9.84. The van der Waals surface area contributed by atoms with Gasteiger partial charge in [0.2, 0.25) is 0 Å². The number of amides is 1. The quantitative estimate of drug-likeness (QED) is 0.811. The van der Waals surface area contributed by atoms with Gasteiger partial charge in [-0.3, -0.25) is 4.79 Å². The van der Waals surface area contributed by atoms with Crippen LogP contribution in [-0.4, -0.2) is 31.7 Å². The van der Waals surface area contributed by atoms with E-state index in [9.17, 15) is 4.79 Å². The Bertz CT molecular complexity index is 504. The Hall–Kier alpha value is -1.46. The number of hydrogen-bond acceptors (Lipinski definition) is 4. The Balaban J connectivity index is 3.05. The number of nitrogens with one attached hydrogen (secondary N) is 1. The monoisotopic (exact) mass is 314 g/mol. The van der Waals surface area contributed by atoms with E-state index in [4.69, 9.17) is 26.8 Å². The van der Waals surface area contributed by atoms with Crippen LogP contribution in [0.1, 0.15) is 37.6 Å². The highest BCUT2D eigenvalue weighted by atomic mass is 35.5. The van der Waals surface area contributed by atoms with E-state index < -0.39 is 5.54 Å². The molecule has 1 amide bonds. The van der Waals surface area contributed by atoms with Crippen LogP contribution < -0.4 is 20.5 Å². The van der Waals surface area contributed by atoms with E-state index in [2.05, 4.69) is 5.32 Å². The molecule has 0 aliphatic carbocycles. The summed E-state index contributed by atoms with van der Waals surface area (Å²) in [7, 11) is 1.51. The summed E-state index contributed by atoms with van der Waals surface area (Å²) in [5.41, 5.74) is 5.53. The van der Waals surface area contributed by atoms with Crippen LogP contribution in [0.4, 0.5) is 0 Å². The van der Waals surface area contributed by atoms with Crippen molar-refractivity contribution in [3.8, 4) is 11.5 Å². The number of rotatable bonds is 7. The summed E-state index contributed by atoms with van der Waals surface area (Å²) in [4.78, 5) is 12.2. The first-order valence-corrected chi connectivity index (χ1v) is 7.25. The number of carbonyl (C=O) groups is 1. The molecule has 21 heavy (non-hydrogen) atoms. The van der Waals surface area contributed by atoms with E-state index in [1.54, 1.807) is 12.1 Å². The van der Waals surface area contributed by atoms with E-state index in [0.717, 1.165) is 6.42 Å². The van der Waals surface area contributed by atoms with Gasteiger partial charge in [0.15, 0.2) is 11.5 Å². The predicted molar refractivity (Wildman–Crippen MR) is 84.4 cm³/mol. The molecule has 0 bridgehead atoms. The second kappa shape index (κ2) is 7.52. The topological polar surface area (TPSA) is 73.6 Å². The summed E-state index contributed by atoms with van der Waals surface area (Å²) in [6.07, 6.45) is 0.854. The number of methoxy groups -OCH3 is 1. The molecule has 0 saturated carbocycles. The molecule has 1 aromatic carbocycles. The van der Waals surface area contributed by atoms with Crippen LogP contribution in [0.3, 0.4) is 0 Å². The van der Waals surface area contributed by atoms with Crippen LogP contribution in [-0.2, 0) is 0 Å². The standard InChI is InChI=1S/C15H23ClN2O3/c1-5-6-21-13-11(16)7-10(8-12(13)20-4)14(19)18-15(2,3)9-17/h7-8H,5-6,9,17H2,1-4H3,(H,18,19). The van der Waals surface area contributed by atoms with Crippen molar-refractivity contribution in [2.24, 2.45) is 5.73 Å². The van der Waals surface area contributed by atoms with Crippen molar-refractivity contribution in [2.45, 2.75) is 32.7 Å².